The minimum Gasteiger partial charge on any atom is -0.462 e. The fourth-order valence-corrected chi connectivity index (χ4v) is 10.9. The van der Waals surface area contributed by atoms with Gasteiger partial charge in [-0.3, -0.25) is 9.59 Å². The SMILES string of the molecule is CC(C)CCC[C@@H](C)[C@H]1CC[C@H]2[C@@H]3CC=C4C[C@@H](OC(=O)[C@@H](C)c5cccc(C(=O)c6ccccc6)c5)CC[C@]4(C)[C@H]3CC[C@]12C. The predicted molar refractivity (Wildman–Crippen MR) is 188 cm³/mol. The number of allylic oxidation sites excluding steroid dienone is 1. The van der Waals surface area contributed by atoms with Crippen LogP contribution in [-0.4, -0.2) is 17.9 Å². The van der Waals surface area contributed by atoms with Crippen LogP contribution >= 0.6 is 0 Å². The molecule has 6 rings (SSSR count). The zero-order chi connectivity index (χ0) is 32.6. The van der Waals surface area contributed by atoms with Gasteiger partial charge in [-0.1, -0.05) is 114 Å². The van der Waals surface area contributed by atoms with Crippen molar-refractivity contribution in [2.45, 2.75) is 124 Å². The molecular weight excluding hydrogens is 564 g/mol. The van der Waals surface area contributed by atoms with Crippen LogP contribution in [-0.2, 0) is 9.53 Å². The highest BCUT2D eigenvalue weighted by molar-refractivity contribution is 6.09. The van der Waals surface area contributed by atoms with Crippen molar-refractivity contribution >= 4 is 11.8 Å². The van der Waals surface area contributed by atoms with Gasteiger partial charge in [0, 0.05) is 17.5 Å². The molecule has 0 aromatic heterocycles. The highest BCUT2D eigenvalue weighted by atomic mass is 16.5. The topological polar surface area (TPSA) is 43.4 Å². The highest BCUT2D eigenvalue weighted by Crippen LogP contribution is 2.67. The van der Waals surface area contributed by atoms with Gasteiger partial charge in [0.1, 0.15) is 6.10 Å². The summed E-state index contributed by atoms with van der Waals surface area (Å²) < 4.78 is 6.23. The van der Waals surface area contributed by atoms with E-state index in [-0.39, 0.29) is 23.3 Å². The van der Waals surface area contributed by atoms with E-state index in [4.69, 9.17) is 4.74 Å². The number of rotatable bonds is 10. The number of esters is 1. The number of ketones is 1. The van der Waals surface area contributed by atoms with Crippen LogP contribution in [0.5, 0.6) is 0 Å². The summed E-state index contributed by atoms with van der Waals surface area (Å²) in [4.78, 5) is 26.5. The van der Waals surface area contributed by atoms with E-state index < -0.39 is 5.92 Å². The van der Waals surface area contributed by atoms with Gasteiger partial charge in [0.05, 0.1) is 5.92 Å². The number of ether oxygens (including phenoxy) is 1. The maximum Gasteiger partial charge on any atom is 0.313 e. The first-order valence-electron chi connectivity index (χ1n) is 18.6. The second-order valence-electron chi connectivity index (χ2n) is 16.6. The summed E-state index contributed by atoms with van der Waals surface area (Å²) in [5, 5.41) is 0. The summed E-state index contributed by atoms with van der Waals surface area (Å²) in [7, 11) is 0. The molecule has 0 unspecified atom stereocenters. The van der Waals surface area contributed by atoms with E-state index in [1.807, 2.05) is 61.5 Å². The molecule has 248 valence electrons. The average molecular weight is 623 g/mol. The maximum atomic E-state index is 13.4. The lowest BCUT2D eigenvalue weighted by Gasteiger charge is -2.58. The highest BCUT2D eigenvalue weighted by Gasteiger charge is 2.59. The molecule has 0 heterocycles. The Hall–Kier alpha value is -2.68. The Morgan fingerprint density at radius 2 is 1.61 bits per heavy atom. The number of benzene rings is 2. The van der Waals surface area contributed by atoms with Crippen LogP contribution < -0.4 is 0 Å². The van der Waals surface area contributed by atoms with Crippen molar-refractivity contribution in [1.29, 1.82) is 0 Å². The van der Waals surface area contributed by atoms with Crippen molar-refractivity contribution < 1.29 is 14.3 Å². The lowest BCUT2D eigenvalue weighted by molar-refractivity contribution is -0.153. The molecule has 0 saturated heterocycles. The van der Waals surface area contributed by atoms with E-state index in [2.05, 4.69) is 40.7 Å². The fourth-order valence-electron chi connectivity index (χ4n) is 10.9. The fraction of sp³-hybridized carbons (Fsp3) is 0.628. The molecule has 0 bridgehead atoms. The summed E-state index contributed by atoms with van der Waals surface area (Å²) >= 11 is 0. The quantitative estimate of drug-likeness (QED) is 0.150. The molecule has 3 saturated carbocycles. The second-order valence-corrected chi connectivity index (χ2v) is 16.6. The Bertz CT molecular complexity index is 1420. The second kappa shape index (κ2) is 13.4. The van der Waals surface area contributed by atoms with Crippen molar-refractivity contribution in [2.75, 3.05) is 0 Å². The smallest absolute Gasteiger partial charge is 0.313 e. The van der Waals surface area contributed by atoms with Gasteiger partial charge in [-0.25, -0.2) is 0 Å². The first-order valence-corrected chi connectivity index (χ1v) is 18.6. The van der Waals surface area contributed by atoms with Crippen molar-refractivity contribution in [3.05, 3.63) is 82.9 Å². The summed E-state index contributed by atoms with van der Waals surface area (Å²) in [5.74, 6) is 4.36. The minimum absolute atomic E-state index is 0.0237. The summed E-state index contributed by atoms with van der Waals surface area (Å²) in [6, 6.07) is 16.8. The van der Waals surface area contributed by atoms with Crippen LogP contribution in [0.25, 0.3) is 0 Å². The first kappa shape index (κ1) is 33.2. The Morgan fingerprint density at radius 3 is 2.37 bits per heavy atom. The maximum absolute atomic E-state index is 13.4. The molecule has 2 aromatic carbocycles. The first-order chi connectivity index (χ1) is 22.0. The summed E-state index contributed by atoms with van der Waals surface area (Å²) in [6.45, 7) is 14.4. The van der Waals surface area contributed by atoms with Gasteiger partial charge < -0.3 is 4.74 Å². The van der Waals surface area contributed by atoms with Crippen LogP contribution in [0.4, 0.5) is 0 Å². The van der Waals surface area contributed by atoms with Gasteiger partial charge in [0.2, 0.25) is 0 Å². The summed E-state index contributed by atoms with van der Waals surface area (Å²) in [5.41, 5.74) is 4.40. The lowest BCUT2D eigenvalue weighted by Crippen LogP contribution is -2.51. The van der Waals surface area contributed by atoms with E-state index in [1.54, 1.807) is 5.57 Å². The zero-order valence-corrected chi connectivity index (χ0v) is 29.4. The zero-order valence-electron chi connectivity index (χ0n) is 29.4. The van der Waals surface area contributed by atoms with Gasteiger partial charge in [-0.05, 0) is 110 Å². The Labute approximate surface area is 279 Å². The molecule has 9 atom stereocenters. The molecule has 3 heteroatoms. The van der Waals surface area contributed by atoms with E-state index in [1.165, 1.54) is 51.4 Å². The van der Waals surface area contributed by atoms with Crippen molar-refractivity contribution in [3.63, 3.8) is 0 Å². The molecule has 3 nitrogen and oxygen atoms in total. The minimum atomic E-state index is -0.416. The van der Waals surface area contributed by atoms with Crippen LogP contribution in [0, 0.1) is 46.3 Å². The molecule has 0 amide bonds. The van der Waals surface area contributed by atoms with Crippen molar-refractivity contribution in [3.8, 4) is 0 Å². The average Bonchev–Trinajstić information content (AvgIpc) is 3.41. The van der Waals surface area contributed by atoms with E-state index in [0.29, 0.717) is 16.5 Å². The lowest BCUT2D eigenvalue weighted by atomic mass is 9.47. The molecule has 4 aliphatic carbocycles. The molecular formula is C43H58O3. The molecule has 0 spiro atoms. The summed E-state index contributed by atoms with van der Waals surface area (Å²) in [6.07, 6.45) is 16.4. The standard InChI is InChI=1S/C43H58O3/c1-28(2)12-10-13-29(3)37-20-21-38-36-19-18-34-27-35(22-24-42(34,5)39(36)23-25-43(37,38)6)46-41(45)30(4)32-16-11-17-33(26-32)40(44)31-14-8-7-9-15-31/h7-9,11,14-18,26,28-30,35-39H,10,12-13,19-25,27H2,1-6H3/t29-,30+,35+,36+,37-,38+,39+,42+,43-/m1/s1. The molecule has 3 fully saturated rings. The van der Waals surface area contributed by atoms with E-state index in [9.17, 15) is 9.59 Å². The van der Waals surface area contributed by atoms with Gasteiger partial charge in [-0.15, -0.1) is 0 Å². The van der Waals surface area contributed by atoms with E-state index in [0.717, 1.165) is 60.3 Å². The number of hydrogen-bond acceptors (Lipinski definition) is 3. The molecule has 2 aromatic rings. The third kappa shape index (κ3) is 6.29. The van der Waals surface area contributed by atoms with Crippen molar-refractivity contribution in [2.24, 2.45) is 46.3 Å². The van der Waals surface area contributed by atoms with Crippen molar-refractivity contribution in [1.82, 2.24) is 0 Å². The Kier molecular flexibility index (Phi) is 9.71. The van der Waals surface area contributed by atoms with Gasteiger partial charge in [0.15, 0.2) is 5.78 Å². The third-order valence-corrected chi connectivity index (χ3v) is 13.6. The third-order valence-electron chi connectivity index (χ3n) is 13.6. The van der Waals surface area contributed by atoms with Gasteiger partial charge >= 0.3 is 5.97 Å². The van der Waals surface area contributed by atoms with E-state index >= 15 is 0 Å². The molecule has 0 radical (unpaired) electrons. The number of fused-ring (bicyclic) bond motifs is 5. The number of carbonyl (C=O) groups is 2. The Balaban J connectivity index is 1.09. The van der Waals surface area contributed by atoms with Crippen LogP contribution in [0.2, 0.25) is 0 Å². The number of hydrogen-bond donors (Lipinski definition) is 0. The molecule has 0 N–H and O–H groups in total. The van der Waals surface area contributed by atoms with Gasteiger partial charge in [0.25, 0.3) is 0 Å². The normalized spacial score (nSPS) is 33.3. The predicted octanol–water partition coefficient (Wildman–Crippen LogP) is 11.0. The Morgan fingerprint density at radius 1 is 0.848 bits per heavy atom. The monoisotopic (exact) mass is 622 g/mol. The van der Waals surface area contributed by atoms with Crippen LogP contribution in [0.3, 0.4) is 0 Å². The van der Waals surface area contributed by atoms with Crippen LogP contribution in [0.15, 0.2) is 66.2 Å². The molecule has 4 aliphatic rings. The largest absolute Gasteiger partial charge is 0.462 e. The molecule has 0 aliphatic heterocycles. The van der Waals surface area contributed by atoms with Crippen LogP contribution in [0.1, 0.15) is 140 Å². The van der Waals surface area contributed by atoms with Gasteiger partial charge in [-0.2, -0.15) is 0 Å². The molecule has 46 heavy (non-hydrogen) atoms. The number of carbonyl (C=O) groups excluding carboxylic acids is 2.